The van der Waals surface area contributed by atoms with Crippen LogP contribution >= 0.6 is 0 Å². The van der Waals surface area contributed by atoms with Gasteiger partial charge in [0.1, 0.15) is 5.69 Å². The molecule has 1 heterocycles. The molecule has 21 heavy (non-hydrogen) atoms. The minimum atomic E-state index is -0.111. The molecule has 0 aliphatic rings. The summed E-state index contributed by atoms with van der Waals surface area (Å²) in [6.07, 6.45) is 0. The second kappa shape index (κ2) is 5.99. The summed E-state index contributed by atoms with van der Waals surface area (Å²) in [7, 11) is 1.87. The van der Waals surface area contributed by atoms with Crippen LogP contribution in [0.2, 0.25) is 0 Å². The minimum Gasteiger partial charge on any atom is -0.351 e. The molecule has 112 valence electrons. The van der Waals surface area contributed by atoms with Crippen molar-refractivity contribution in [3.05, 3.63) is 30.0 Å². The number of hydrogen-bond acceptors (Lipinski definition) is 2. The number of aryl methyl sites for hydroxylation is 1. The summed E-state index contributed by atoms with van der Waals surface area (Å²) in [5.74, 6) is 0.221. The van der Waals surface area contributed by atoms with E-state index in [-0.39, 0.29) is 11.8 Å². The van der Waals surface area contributed by atoms with E-state index >= 15 is 0 Å². The normalized spacial score (nSPS) is 10.9. The number of anilines is 1. The first-order chi connectivity index (χ1) is 9.88. The summed E-state index contributed by atoms with van der Waals surface area (Å²) in [4.78, 5) is 23.3. The van der Waals surface area contributed by atoms with Gasteiger partial charge in [0, 0.05) is 37.1 Å². The predicted octanol–water partition coefficient (Wildman–Crippen LogP) is 2.52. The third-order valence-corrected chi connectivity index (χ3v) is 3.27. The molecule has 0 aliphatic carbocycles. The molecule has 5 nitrogen and oxygen atoms in total. The number of carbonyl (C=O) groups is 2. The van der Waals surface area contributed by atoms with Gasteiger partial charge in [0.25, 0.3) is 5.91 Å². The molecule has 5 heteroatoms. The zero-order valence-electron chi connectivity index (χ0n) is 12.9. The van der Waals surface area contributed by atoms with E-state index in [1.54, 1.807) is 0 Å². The van der Waals surface area contributed by atoms with Gasteiger partial charge in [0.15, 0.2) is 0 Å². The van der Waals surface area contributed by atoms with Crippen LogP contribution in [0.25, 0.3) is 10.9 Å². The predicted molar refractivity (Wildman–Crippen MR) is 84.4 cm³/mol. The Kier molecular flexibility index (Phi) is 4.31. The number of aromatic nitrogens is 1. The largest absolute Gasteiger partial charge is 0.351 e. The SMILES string of the molecule is CC(=O)Nc1ccc2c(c1)cc(C(=O)NCC(C)C)n2C. The van der Waals surface area contributed by atoms with Crippen molar-refractivity contribution in [3.63, 3.8) is 0 Å². The van der Waals surface area contributed by atoms with Crippen molar-refractivity contribution in [2.45, 2.75) is 20.8 Å². The first-order valence-corrected chi connectivity index (χ1v) is 7.03. The van der Waals surface area contributed by atoms with Gasteiger partial charge in [-0.25, -0.2) is 0 Å². The third-order valence-electron chi connectivity index (χ3n) is 3.27. The van der Waals surface area contributed by atoms with Crippen molar-refractivity contribution < 1.29 is 9.59 Å². The van der Waals surface area contributed by atoms with Crippen LogP contribution in [0.15, 0.2) is 24.3 Å². The summed E-state index contributed by atoms with van der Waals surface area (Å²) in [6.45, 7) is 6.24. The standard InChI is InChI=1S/C16H21N3O2/c1-10(2)9-17-16(21)15-8-12-7-13(18-11(3)20)5-6-14(12)19(15)4/h5-8,10H,9H2,1-4H3,(H,17,21)(H,18,20). The van der Waals surface area contributed by atoms with Crippen molar-refractivity contribution >= 4 is 28.4 Å². The second-order valence-electron chi connectivity index (χ2n) is 5.65. The topological polar surface area (TPSA) is 63.1 Å². The molecule has 2 aromatic rings. The summed E-state index contributed by atoms with van der Waals surface area (Å²) in [5, 5.41) is 6.59. The van der Waals surface area contributed by atoms with Crippen molar-refractivity contribution in [2.75, 3.05) is 11.9 Å². The summed E-state index contributed by atoms with van der Waals surface area (Å²) < 4.78 is 1.86. The monoisotopic (exact) mass is 287 g/mol. The molecular weight excluding hydrogens is 266 g/mol. The average molecular weight is 287 g/mol. The molecule has 2 rings (SSSR count). The van der Waals surface area contributed by atoms with E-state index in [1.165, 1.54) is 6.92 Å². The van der Waals surface area contributed by atoms with Gasteiger partial charge in [-0.15, -0.1) is 0 Å². The van der Waals surface area contributed by atoms with Crippen molar-refractivity contribution in [1.29, 1.82) is 0 Å². The van der Waals surface area contributed by atoms with Gasteiger partial charge in [-0.2, -0.15) is 0 Å². The number of carbonyl (C=O) groups excluding carboxylic acids is 2. The Morgan fingerprint density at radius 2 is 1.95 bits per heavy atom. The van der Waals surface area contributed by atoms with Crippen molar-refractivity contribution in [2.24, 2.45) is 13.0 Å². The molecule has 1 aromatic carbocycles. The van der Waals surface area contributed by atoms with Gasteiger partial charge in [0.05, 0.1) is 0 Å². The zero-order valence-corrected chi connectivity index (χ0v) is 12.9. The lowest BCUT2D eigenvalue weighted by atomic mass is 10.2. The molecule has 0 fully saturated rings. The van der Waals surface area contributed by atoms with Gasteiger partial charge >= 0.3 is 0 Å². The highest BCUT2D eigenvalue weighted by Crippen LogP contribution is 2.22. The first-order valence-electron chi connectivity index (χ1n) is 7.03. The van der Waals surface area contributed by atoms with Crippen LogP contribution in [-0.2, 0) is 11.8 Å². The fourth-order valence-electron chi connectivity index (χ4n) is 2.24. The number of amides is 2. The Morgan fingerprint density at radius 1 is 1.24 bits per heavy atom. The molecule has 0 atom stereocenters. The smallest absolute Gasteiger partial charge is 0.267 e. The molecule has 0 aliphatic heterocycles. The highest BCUT2D eigenvalue weighted by atomic mass is 16.2. The number of rotatable bonds is 4. The molecule has 0 saturated heterocycles. The fourth-order valence-corrected chi connectivity index (χ4v) is 2.24. The van der Waals surface area contributed by atoms with Crippen molar-refractivity contribution in [1.82, 2.24) is 9.88 Å². The molecule has 2 N–H and O–H groups in total. The van der Waals surface area contributed by atoms with Crippen LogP contribution in [0.5, 0.6) is 0 Å². The number of hydrogen-bond donors (Lipinski definition) is 2. The summed E-state index contributed by atoms with van der Waals surface area (Å²) >= 11 is 0. The molecule has 2 amide bonds. The lowest BCUT2D eigenvalue weighted by Crippen LogP contribution is -2.28. The maximum atomic E-state index is 12.2. The minimum absolute atomic E-state index is 0.0801. The second-order valence-corrected chi connectivity index (χ2v) is 5.65. The fraction of sp³-hybridized carbons (Fsp3) is 0.375. The number of nitrogens with one attached hydrogen (secondary N) is 2. The Bertz CT molecular complexity index is 686. The van der Waals surface area contributed by atoms with Gasteiger partial charge in [-0.3, -0.25) is 9.59 Å². The van der Waals surface area contributed by atoms with Crippen LogP contribution < -0.4 is 10.6 Å². The van der Waals surface area contributed by atoms with Crippen molar-refractivity contribution in [3.8, 4) is 0 Å². The summed E-state index contributed by atoms with van der Waals surface area (Å²) in [5.41, 5.74) is 2.30. The molecule has 0 bridgehead atoms. The van der Waals surface area contributed by atoms with E-state index in [9.17, 15) is 9.59 Å². The van der Waals surface area contributed by atoms with E-state index in [2.05, 4.69) is 24.5 Å². The Hall–Kier alpha value is -2.30. The van der Waals surface area contributed by atoms with Gasteiger partial charge in [0.2, 0.25) is 5.91 Å². The first kappa shape index (κ1) is 15.1. The lowest BCUT2D eigenvalue weighted by Gasteiger charge is -2.08. The Labute approximate surface area is 124 Å². The van der Waals surface area contributed by atoms with E-state index < -0.39 is 0 Å². The van der Waals surface area contributed by atoms with Gasteiger partial charge in [-0.05, 0) is 30.2 Å². The Balaban J connectivity index is 2.31. The van der Waals surface area contributed by atoms with Gasteiger partial charge < -0.3 is 15.2 Å². The highest BCUT2D eigenvalue weighted by Gasteiger charge is 2.13. The van der Waals surface area contributed by atoms with Crippen LogP contribution in [0.4, 0.5) is 5.69 Å². The summed E-state index contributed by atoms with van der Waals surface area (Å²) in [6, 6.07) is 7.45. The number of benzene rings is 1. The lowest BCUT2D eigenvalue weighted by molar-refractivity contribution is -0.114. The number of nitrogens with zero attached hydrogens (tertiary/aromatic N) is 1. The quantitative estimate of drug-likeness (QED) is 0.907. The molecular formula is C16H21N3O2. The third kappa shape index (κ3) is 3.42. The van der Waals surface area contributed by atoms with E-state index in [0.29, 0.717) is 18.2 Å². The zero-order chi connectivity index (χ0) is 15.6. The molecule has 0 spiro atoms. The maximum Gasteiger partial charge on any atom is 0.267 e. The van der Waals surface area contributed by atoms with Crippen LogP contribution in [-0.4, -0.2) is 22.9 Å². The molecule has 0 unspecified atom stereocenters. The van der Waals surface area contributed by atoms with Crippen LogP contribution in [0.1, 0.15) is 31.3 Å². The Morgan fingerprint density at radius 3 is 2.57 bits per heavy atom. The van der Waals surface area contributed by atoms with Gasteiger partial charge in [-0.1, -0.05) is 13.8 Å². The van der Waals surface area contributed by atoms with E-state index in [4.69, 9.17) is 0 Å². The molecule has 0 saturated carbocycles. The maximum absolute atomic E-state index is 12.2. The van der Waals surface area contributed by atoms with E-state index in [1.807, 2.05) is 35.9 Å². The molecule has 1 aromatic heterocycles. The highest BCUT2D eigenvalue weighted by molar-refractivity contribution is 6.00. The van der Waals surface area contributed by atoms with Crippen LogP contribution in [0, 0.1) is 5.92 Å². The van der Waals surface area contributed by atoms with E-state index in [0.717, 1.165) is 16.6 Å². The average Bonchev–Trinajstić information content (AvgIpc) is 2.72. The van der Waals surface area contributed by atoms with Crippen LogP contribution in [0.3, 0.4) is 0 Å². The molecule has 0 radical (unpaired) electrons. The number of fused-ring (bicyclic) bond motifs is 1.